The molecule has 2 fully saturated rings. The molecule has 0 bridgehead atoms. The van der Waals surface area contributed by atoms with Crippen LogP contribution in [0.4, 0.5) is 4.79 Å². The van der Waals surface area contributed by atoms with E-state index in [0.717, 1.165) is 32.6 Å². The summed E-state index contributed by atoms with van der Waals surface area (Å²) in [6.07, 6.45) is 4.79. The van der Waals surface area contributed by atoms with Gasteiger partial charge in [0.05, 0.1) is 0 Å². The largest absolute Gasteiger partial charge is 0.480 e. The first-order valence-electron chi connectivity index (χ1n) is 7.84. The Morgan fingerprint density at radius 1 is 1.14 bits per heavy atom. The number of urea groups is 1. The highest BCUT2D eigenvalue weighted by molar-refractivity contribution is 5.85. The summed E-state index contributed by atoms with van der Waals surface area (Å²) in [6.45, 7) is 6.82. The highest BCUT2D eigenvalue weighted by Crippen LogP contribution is 2.23. The number of rotatable bonds is 3. The minimum Gasteiger partial charge on any atom is -0.480 e. The fourth-order valence-electron chi connectivity index (χ4n) is 3.09. The van der Waals surface area contributed by atoms with Crippen molar-refractivity contribution in [3.8, 4) is 0 Å². The molecule has 6 nitrogen and oxygen atoms in total. The zero-order valence-electron chi connectivity index (χ0n) is 13.3. The third kappa shape index (κ3) is 3.31. The summed E-state index contributed by atoms with van der Waals surface area (Å²) in [6, 6.07) is 0.262. The lowest BCUT2D eigenvalue weighted by Gasteiger charge is -2.35. The smallest absolute Gasteiger partial charge is 0.329 e. The Labute approximate surface area is 126 Å². The second-order valence-corrected chi connectivity index (χ2v) is 6.69. The summed E-state index contributed by atoms with van der Waals surface area (Å²) in [5, 5.41) is 9.24. The van der Waals surface area contributed by atoms with Gasteiger partial charge in [-0.25, -0.2) is 9.59 Å². The van der Waals surface area contributed by atoms with E-state index in [9.17, 15) is 14.7 Å². The molecule has 2 rings (SSSR count). The lowest BCUT2D eigenvalue weighted by molar-refractivity contribution is -0.147. The van der Waals surface area contributed by atoms with Gasteiger partial charge in [-0.05, 0) is 46.2 Å². The molecule has 6 heteroatoms. The molecule has 0 aromatic carbocycles. The van der Waals surface area contributed by atoms with Crippen molar-refractivity contribution >= 4 is 12.0 Å². The molecule has 0 spiro atoms. The number of amides is 2. The fraction of sp³-hybridized carbons (Fsp3) is 0.867. The zero-order chi connectivity index (χ0) is 15.6. The summed E-state index contributed by atoms with van der Waals surface area (Å²) in [7, 11) is 1.57. The molecule has 0 aromatic rings. The number of likely N-dealkylation sites (tertiary alicyclic amines) is 2. The van der Waals surface area contributed by atoms with Gasteiger partial charge in [-0.2, -0.15) is 0 Å². The number of aliphatic carboxylic acids is 1. The molecule has 1 atom stereocenters. The third-order valence-corrected chi connectivity index (χ3v) is 4.99. The third-order valence-electron chi connectivity index (χ3n) is 4.99. The number of carboxylic acid groups (broad SMARTS) is 1. The van der Waals surface area contributed by atoms with Crippen LogP contribution >= 0.6 is 0 Å². The van der Waals surface area contributed by atoms with Crippen molar-refractivity contribution in [2.24, 2.45) is 0 Å². The van der Waals surface area contributed by atoms with Crippen LogP contribution in [0.25, 0.3) is 0 Å². The van der Waals surface area contributed by atoms with Gasteiger partial charge >= 0.3 is 12.0 Å². The van der Waals surface area contributed by atoms with E-state index in [1.54, 1.807) is 25.8 Å². The van der Waals surface area contributed by atoms with Crippen LogP contribution in [0.1, 0.15) is 39.5 Å². The van der Waals surface area contributed by atoms with Gasteiger partial charge in [0.2, 0.25) is 0 Å². The van der Waals surface area contributed by atoms with Crippen molar-refractivity contribution in [1.82, 2.24) is 14.7 Å². The normalized spacial score (nSPS) is 24.1. The molecule has 1 N–H and O–H groups in total. The second-order valence-electron chi connectivity index (χ2n) is 6.69. The second kappa shape index (κ2) is 6.22. The quantitative estimate of drug-likeness (QED) is 0.856. The molecule has 2 aliphatic rings. The van der Waals surface area contributed by atoms with Crippen molar-refractivity contribution in [3.05, 3.63) is 0 Å². The van der Waals surface area contributed by atoms with E-state index in [0.29, 0.717) is 6.04 Å². The van der Waals surface area contributed by atoms with Crippen LogP contribution < -0.4 is 0 Å². The molecule has 2 amide bonds. The first-order valence-corrected chi connectivity index (χ1v) is 7.84. The average molecular weight is 297 g/mol. The summed E-state index contributed by atoms with van der Waals surface area (Å²) in [4.78, 5) is 29.4. The highest BCUT2D eigenvalue weighted by atomic mass is 16.4. The van der Waals surface area contributed by atoms with Crippen LogP contribution in [0, 0.1) is 0 Å². The van der Waals surface area contributed by atoms with Crippen molar-refractivity contribution in [2.45, 2.75) is 51.1 Å². The van der Waals surface area contributed by atoms with Crippen LogP contribution in [-0.2, 0) is 4.79 Å². The van der Waals surface area contributed by atoms with E-state index in [1.165, 1.54) is 24.2 Å². The molecule has 0 radical (unpaired) electrons. The zero-order valence-corrected chi connectivity index (χ0v) is 13.3. The van der Waals surface area contributed by atoms with Gasteiger partial charge in [0.25, 0.3) is 0 Å². The fourth-order valence-corrected chi connectivity index (χ4v) is 3.09. The molecule has 1 unspecified atom stereocenters. The van der Waals surface area contributed by atoms with Gasteiger partial charge < -0.3 is 14.9 Å². The number of carboxylic acids is 1. The first-order chi connectivity index (χ1) is 9.84. The number of carbonyl (C=O) groups excluding carboxylic acids is 1. The summed E-state index contributed by atoms with van der Waals surface area (Å²) in [5.74, 6) is -0.981. The number of likely N-dealkylation sites (N-methyl/N-ethyl adjacent to an activating group) is 1. The van der Waals surface area contributed by atoms with Crippen LogP contribution in [0.3, 0.4) is 0 Å². The van der Waals surface area contributed by atoms with E-state index >= 15 is 0 Å². The van der Waals surface area contributed by atoms with E-state index in [1.807, 2.05) is 0 Å². The Balaban J connectivity index is 1.94. The Hall–Kier alpha value is -1.30. The number of nitrogens with zero attached hydrogens (tertiary/aromatic N) is 3. The maximum absolute atomic E-state index is 12.5. The van der Waals surface area contributed by atoms with Gasteiger partial charge in [-0.3, -0.25) is 4.90 Å². The van der Waals surface area contributed by atoms with E-state index in [4.69, 9.17) is 0 Å². The van der Waals surface area contributed by atoms with Crippen LogP contribution in [-0.4, -0.2) is 76.6 Å². The van der Waals surface area contributed by atoms with Gasteiger partial charge in [0, 0.05) is 26.2 Å². The van der Waals surface area contributed by atoms with Gasteiger partial charge in [-0.15, -0.1) is 0 Å². The van der Waals surface area contributed by atoms with Gasteiger partial charge in [-0.1, -0.05) is 6.42 Å². The number of hydrogen-bond acceptors (Lipinski definition) is 3. The van der Waals surface area contributed by atoms with E-state index < -0.39 is 11.5 Å². The van der Waals surface area contributed by atoms with Crippen LogP contribution in [0.5, 0.6) is 0 Å². The number of piperidine rings is 1. The molecule has 2 heterocycles. The highest BCUT2D eigenvalue weighted by Gasteiger charge is 2.39. The van der Waals surface area contributed by atoms with Gasteiger partial charge in [0.1, 0.15) is 5.54 Å². The topological polar surface area (TPSA) is 64.1 Å². The maximum atomic E-state index is 12.5. The Morgan fingerprint density at radius 3 is 2.33 bits per heavy atom. The lowest BCUT2D eigenvalue weighted by Crippen LogP contribution is -2.55. The monoisotopic (exact) mass is 297 g/mol. The first kappa shape index (κ1) is 16.1. The van der Waals surface area contributed by atoms with E-state index in [-0.39, 0.29) is 6.03 Å². The van der Waals surface area contributed by atoms with Crippen molar-refractivity contribution in [3.63, 3.8) is 0 Å². The molecule has 21 heavy (non-hydrogen) atoms. The Morgan fingerprint density at radius 2 is 1.76 bits per heavy atom. The Kier molecular flexibility index (Phi) is 4.76. The van der Waals surface area contributed by atoms with Gasteiger partial charge in [0.15, 0.2) is 0 Å². The summed E-state index contributed by atoms with van der Waals surface area (Å²) >= 11 is 0. The number of carbonyl (C=O) groups is 2. The molecular formula is C15H27N3O3. The Bertz CT molecular complexity index is 405. The lowest BCUT2D eigenvalue weighted by atomic mass is 10.0. The maximum Gasteiger partial charge on any atom is 0.329 e. The van der Waals surface area contributed by atoms with Crippen molar-refractivity contribution in [1.29, 1.82) is 0 Å². The van der Waals surface area contributed by atoms with Crippen molar-refractivity contribution < 1.29 is 14.7 Å². The molecule has 120 valence electrons. The summed E-state index contributed by atoms with van der Waals surface area (Å²) < 4.78 is 0. The number of hydrogen-bond donors (Lipinski definition) is 1. The molecule has 0 aliphatic carbocycles. The van der Waals surface area contributed by atoms with Crippen LogP contribution in [0.15, 0.2) is 0 Å². The standard InChI is InChI=1S/C15H27N3O3/c1-15(2,13(19)20)16(3)14(21)18-10-7-12(11-18)17-8-5-4-6-9-17/h12H,4-11H2,1-3H3,(H,19,20). The predicted molar refractivity (Wildman–Crippen MR) is 80.3 cm³/mol. The summed E-state index contributed by atoms with van der Waals surface area (Å²) in [5.41, 5.74) is -1.18. The molecule has 0 saturated carbocycles. The minimum atomic E-state index is -1.18. The molecular weight excluding hydrogens is 270 g/mol. The van der Waals surface area contributed by atoms with E-state index in [2.05, 4.69) is 4.90 Å². The molecule has 0 aromatic heterocycles. The van der Waals surface area contributed by atoms with Crippen molar-refractivity contribution in [2.75, 3.05) is 33.2 Å². The molecule has 2 aliphatic heterocycles. The molecule has 2 saturated heterocycles. The average Bonchev–Trinajstić information content (AvgIpc) is 2.96. The predicted octanol–water partition coefficient (Wildman–Crippen LogP) is 1.46. The minimum absolute atomic E-state index is 0.179. The SMILES string of the molecule is CN(C(=O)N1CCC(N2CCCCC2)C1)C(C)(C)C(=O)O. The van der Waals surface area contributed by atoms with Crippen LogP contribution in [0.2, 0.25) is 0 Å².